The molecule has 0 fully saturated rings. The van der Waals surface area contributed by atoms with Gasteiger partial charge in [-0.25, -0.2) is 0 Å². The van der Waals surface area contributed by atoms with E-state index in [0.717, 1.165) is 109 Å². The van der Waals surface area contributed by atoms with E-state index in [0.29, 0.717) is 19.3 Å². The first-order chi connectivity index (χ1) is 37.0. The van der Waals surface area contributed by atoms with Gasteiger partial charge in [-0.1, -0.05) is 292 Å². The molecular weight excluding hydrogens is 925 g/mol. The lowest BCUT2D eigenvalue weighted by Gasteiger charge is -2.18. The van der Waals surface area contributed by atoms with E-state index in [1.807, 2.05) is 0 Å². The standard InChI is InChI=1S/C69H120O6/c1-4-7-10-13-16-19-22-25-28-30-31-32-33-34-35-36-37-39-41-44-47-50-53-56-59-62-68(71)74-65-66(64-73-67(70)61-58-55-52-49-46-43-40-27-24-21-18-15-12-9-6-3)75-69(72)63-60-57-54-51-48-45-42-38-29-26-23-20-17-14-11-8-5-2/h8-9,11-12,17-18,20-21,26-27,29,40,46,49,66H,4-7,10,13-16,19,22-25,28,30-39,41-45,47-48,50-65H2,1-3H3/b11-8-,12-9-,20-17-,21-18-,29-26-,40-27-,49-46-. The third kappa shape index (κ3) is 61.3. The van der Waals surface area contributed by atoms with Crippen molar-refractivity contribution in [2.45, 2.75) is 322 Å². The van der Waals surface area contributed by atoms with E-state index in [1.165, 1.54) is 167 Å². The summed E-state index contributed by atoms with van der Waals surface area (Å²) in [6.07, 6.45) is 83.2. The van der Waals surface area contributed by atoms with Crippen molar-refractivity contribution in [3.8, 4) is 0 Å². The second-order valence-corrected chi connectivity index (χ2v) is 21.3. The Morgan fingerprint density at radius 1 is 0.280 bits per heavy atom. The Bertz CT molecular complexity index is 1430. The summed E-state index contributed by atoms with van der Waals surface area (Å²) in [5.74, 6) is -0.932. The molecule has 0 saturated heterocycles. The molecule has 0 aromatic rings. The first-order valence-electron chi connectivity index (χ1n) is 32.1. The van der Waals surface area contributed by atoms with Crippen LogP contribution in [0.25, 0.3) is 0 Å². The predicted octanol–water partition coefficient (Wildman–Crippen LogP) is 21.9. The summed E-state index contributed by atoms with van der Waals surface area (Å²) in [5.41, 5.74) is 0. The third-order valence-electron chi connectivity index (χ3n) is 13.9. The molecule has 0 saturated carbocycles. The molecule has 0 spiro atoms. The molecule has 6 heteroatoms. The van der Waals surface area contributed by atoms with Crippen LogP contribution >= 0.6 is 0 Å². The maximum Gasteiger partial charge on any atom is 0.306 e. The number of rotatable bonds is 58. The van der Waals surface area contributed by atoms with Gasteiger partial charge in [-0.15, -0.1) is 0 Å². The molecule has 432 valence electrons. The van der Waals surface area contributed by atoms with Gasteiger partial charge in [0.15, 0.2) is 6.10 Å². The number of esters is 3. The van der Waals surface area contributed by atoms with Crippen LogP contribution in [0, 0.1) is 0 Å². The number of hydrogen-bond donors (Lipinski definition) is 0. The first kappa shape index (κ1) is 71.6. The van der Waals surface area contributed by atoms with Gasteiger partial charge in [0.05, 0.1) is 0 Å². The van der Waals surface area contributed by atoms with Crippen LogP contribution in [0.15, 0.2) is 85.1 Å². The van der Waals surface area contributed by atoms with Crippen molar-refractivity contribution in [3.05, 3.63) is 85.1 Å². The highest BCUT2D eigenvalue weighted by Crippen LogP contribution is 2.17. The zero-order valence-corrected chi connectivity index (χ0v) is 49.6. The van der Waals surface area contributed by atoms with E-state index in [-0.39, 0.29) is 31.1 Å². The van der Waals surface area contributed by atoms with Crippen LogP contribution in [-0.4, -0.2) is 37.2 Å². The van der Waals surface area contributed by atoms with Gasteiger partial charge in [-0.05, 0) is 89.9 Å². The van der Waals surface area contributed by atoms with Gasteiger partial charge in [0, 0.05) is 19.3 Å². The molecule has 0 aliphatic rings. The highest BCUT2D eigenvalue weighted by Gasteiger charge is 2.19. The van der Waals surface area contributed by atoms with E-state index in [9.17, 15) is 14.4 Å². The Morgan fingerprint density at radius 3 is 0.840 bits per heavy atom. The zero-order chi connectivity index (χ0) is 54.3. The van der Waals surface area contributed by atoms with Crippen molar-refractivity contribution >= 4 is 17.9 Å². The molecule has 6 nitrogen and oxygen atoms in total. The molecule has 0 radical (unpaired) electrons. The molecule has 0 aliphatic carbocycles. The Balaban J connectivity index is 4.32. The molecule has 0 aliphatic heterocycles. The van der Waals surface area contributed by atoms with Crippen LogP contribution < -0.4 is 0 Å². The van der Waals surface area contributed by atoms with E-state index in [2.05, 4.69) is 106 Å². The second-order valence-electron chi connectivity index (χ2n) is 21.3. The number of unbranched alkanes of at least 4 members (excludes halogenated alkanes) is 33. The first-order valence-corrected chi connectivity index (χ1v) is 32.1. The third-order valence-corrected chi connectivity index (χ3v) is 13.9. The molecule has 0 rings (SSSR count). The van der Waals surface area contributed by atoms with Crippen molar-refractivity contribution in [2.24, 2.45) is 0 Å². The Labute approximate surface area is 465 Å². The number of allylic oxidation sites excluding steroid dienone is 14. The maximum atomic E-state index is 12.9. The summed E-state index contributed by atoms with van der Waals surface area (Å²) in [4.78, 5) is 38.3. The Hall–Kier alpha value is -3.41. The second kappa shape index (κ2) is 63.1. The molecule has 1 unspecified atom stereocenters. The minimum atomic E-state index is -0.799. The quantitative estimate of drug-likeness (QED) is 0.0261. The van der Waals surface area contributed by atoms with Gasteiger partial charge in [0.1, 0.15) is 13.2 Å². The lowest BCUT2D eigenvalue weighted by Crippen LogP contribution is -2.30. The Kier molecular flexibility index (Phi) is 60.3. The number of carbonyl (C=O) groups is 3. The maximum absolute atomic E-state index is 12.9. The lowest BCUT2D eigenvalue weighted by molar-refractivity contribution is -0.167. The van der Waals surface area contributed by atoms with Gasteiger partial charge in [-0.3, -0.25) is 14.4 Å². The molecular formula is C69H120O6. The highest BCUT2D eigenvalue weighted by molar-refractivity contribution is 5.71. The van der Waals surface area contributed by atoms with Crippen molar-refractivity contribution in [3.63, 3.8) is 0 Å². The highest BCUT2D eigenvalue weighted by atomic mass is 16.6. The molecule has 0 bridgehead atoms. The summed E-state index contributed by atoms with van der Waals surface area (Å²) < 4.78 is 16.9. The fourth-order valence-corrected chi connectivity index (χ4v) is 9.16. The van der Waals surface area contributed by atoms with Crippen LogP contribution in [0.3, 0.4) is 0 Å². The molecule has 1 atom stereocenters. The van der Waals surface area contributed by atoms with Crippen LogP contribution in [0.4, 0.5) is 0 Å². The number of carbonyl (C=O) groups excluding carboxylic acids is 3. The summed E-state index contributed by atoms with van der Waals surface area (Å²) in [6.45, 7) is 6.41. The summed E-state index contributed by atoms with van der Waals surface area (Å²) in [7, 11) is 0. The molecule has 0 heterocycles. The molecule has 0 aromatic heterocycles. The van der Waals surface area contributed by atoms with E-state index in [1.54, 1.807) is 0 Å². The van der Waals surface area contributed by atoms with Crippen molar-refractivity contribution < 1.29 is 28.6 Å². The molecule has 0 aromatic carbocycles. The topological polar surface area (TPSA) is 78.9 Å². The van der Waals surface area contributed by atoms with Crippen molar-refractivity contribution in [1.29, 1.82) is 0 Å². The minimum Gasteiger partial charge on any atom is -0.462 e. The van der Waals surface area contributed by atoms with E-state index < -0.39 is 6.10 Å². The SMILES string of the molecule is CC/C=C\C/C=C\C/C=C\C/C=C\CCCCC(=O)OCC(COC(=O)CCCCCCCCCCCCCCCCCCCCCCCCCCC)OC(=O)CCCCCCCCC/C=C\C/C=C\C/C=C\CC. The van der Waals surface area contributed by atoms with Gasteiger partial charge < -0.3 is 14.2 Å². The van der Waals surface area contributed by atoms with Gasteiger partial charge in [0.25, 0.3) is 0 Å². The van der Waals surface area contributed by atoms with Crippen LogP contribution in [0.2, 0.25) is 0 Å². The zero-order valence-electron chi connectivity index (χ0n) is 49.6. The monoisotopic (exact) mass is 1040 g/mol. The normalized spacial score (nSPS) is 12.6. The smallest absolute Gasteiger partial charge is 0.306 e. The van der Waals surface area contributed by atoms with Gasteiger partial charge >= 0.3 is 17.9 Å². The summed E-state index contributed by atoms with van der Waals surface area (Å²) in [6, 6.07) is 0. The molecule has 0 N–H and O–H groups in total. The predicted molar refractivity (Wildman–Crippen MR) is 325 cm³/mol. The van der Waals surface area contributed by atoms with Crippen LogP contribution in [0.1, 0.15) is 316 Å². The van der Waals surface area contributed by atoms with Crippen molar-refractivity contribution in [1.82, 2.24) is 0 Å². The van der Waals surface area contributed by atoms with E-state index >= 15 is 0 Å². The minimum absolute atomic E-state index is 0.0916. The van der Waals surface area contributed by atoms with Crippen LogP contribution in [0.5, 0.6) is 0 Å². The average Bonchev–Trinajstić information content (AvgIpc) is 3.41. The van der Waals surface area contributed by atoms with E-state index in [4.69, 9.17) is 14.2 Å². The summed E-state index contributed by atoms with van der Waals surface area (Å²) in [5, 5.41) is 0. The van der Waals surface area contributed by atoms with Gasteiger partial charge in [0.2, 0.25) is 0 Å². The number of hydrogen-bond acceptors (Lipinski definition) is 6. The lowest BCUT2D eigenvalue weighted by atomic mass is 10.0. The van der Waals surface area contributed by atoms with Crippen molar-refractivity contribution in [2.75, 3.05) is 13.2 Å². The Morgan fingerprint density at radius 2 is 0.520 bits per heavy atom. The fourth-order valence-electron chi connectivity index (χ4n) is 9.16. The number of ether oxygens (including phenoxy) is 3. The summed E-state index contributed by atoms with van der Waals surface area (Å²) >= 11 is 0. The van der Waals surface area contributed by atoms with Crippen LogP contribution in [-0.2, 0) is 28.6 Å². The largest absolute Gasteiger partial charge is 0.462 e. The van der Waals surface area contributed by atoms with Gasteiger partial charge in [-0.2, -0.15) is 0 Å². The fraction of sp³-hybridized carbons (Fsp3) is 0.754. The molecule has 0 amide bonds. The average molecular weight is 1050 g/mol. The molecule has 75 heavy (non-hydrogen) atoms.